The van der Waals surface area contributed by atoms with Crippen molar-refractivity contribution in [1.82, 2.24) is 9.97 Å². The van der Waals surface area contributed by atoms with Gasteiger partial charge in [-0.1, -0.05) is 12.8 Å². The normalized spacial score (nSPS) is 24.4. The van der Waals surface area contributed by atoms with Gasteiger partial charge in [-0.05, 0) is 19.8 Å². The standard InChI is InChI=1S/C12H20N4O/c1-8-14-11(7-12(15-8)17-2)16-10-6-4-3-5-9(10)13/h7,9-10H,3-6,13H2,1-2H3,(H,14,15,16). The third-order valence-corrected chi connectivity index (χ3v) is 3.18. The quantitative estimate of drug-likeness (QED) is 0.831. The van der Waals surface area contributed by atoms with Crippen molar-refractivity contribution in [2.45, 2.75) is 44.7 Å². The Morgan fingerprint density at radius 2 is 2.12 bits per heavy atom. The molecule has 17 heavy (non-hydrogen) atoms. The maximum atomic E-state index is 6.10. The monoisotopic (exact) mass is 236 g/mol. The summed E-state index contributed by atoms with van der Waals surface area (Å²) in [6, 6.07) is 2.33. The van der Waals surface area contributed by atoms with E-state index in [2.05, 4.69) is 15.3 Å². The first kappa shape index (κ1) is 12.1. The van der Waals surface area contributed by atoms with Crippen LogP contribution in [0, 0.1) is 6.92 Å². The van der Waals surface area contributed by atoms with Gasteiger partial charge in [0.2, 0.25) is 5.88 Å². The van der Waals surface area contributed by atoms with E-state index in [4.69, 9.17) is 10.5 Å². The number of rotatable bonds is 3. The molecule has 1 heterocycles. The highest BCUT2D eigenvalue weighted by atomic mass is 16.5. The second kappa shape index (κ2) is 5.31. The van der Waals surface area contributed by atoms with Gasteiger partial charge in [-0.15, -0.1) is 0 Å². The summed E-state index contributed by atoms with van der Waals surface area (Å²) < 4.78 is 5.13. The summed E-state index contributed by atoms with van der Waals surface area (Å²) in [6.45, 7) is 1.86. The molecule has 0 saturated heterocycles. The zero-order valence-electron chi connectivity index (χ0n) is 10.4. The minimum absolute atomic E-state index is 0.213. The van der Waals surface area contributed by atoms with Gasteiger partial charge in [-0.3, -0.25) is 0 Å². The molecule has 2 unspecified atom stereocenters. The molecule has 1 fully saturated rings. The zero-order chi connectivity index (χ0) is 12.3. The molecule has 0 aromatic carbocycles. The molecule has 0 bridgehead atoms. The van der Waals surface area contributed by atoms with Gasteiger partial charge in [0.05, 0.1) is 7.11 Å². The SMILES string of the molecule is COc1cc(NC2CCCCC2N)nc(C)n1. The Morgan fingerprint density at radius 1 is 1.35 bits per heavy atom. The van der Waals surface area contributed by atoms with Crippen LogP contribution in [0.15, 0.2) is 6.07 Å². The number of anilines is 1. The molecule has 5 nitrogen and oxygen atoms in total. The highest BCUT2D eigenvalue weighted by Crippen LogP contribution is 2.21. The van der Waals surface area contributed by atoms with Crippen molar-refractivity contribution in [2.75, 3.05) is 12.4 Å². The van der Waals surface area contributed by atoms with Gasteiger partial charge in [-0.2, -0.15) is 4.98 Å². The van der Waals surface area contributed by atoms with Crippen LogP contribution in [0.4, 0.5) is 5.82 Å². The largest absolute Gasteiger partial charge is 0.481 e. The summed E-state index contributed by atoms with van der Waals surface area (Å²) in [5.74, 6) is 2.09. The number of aromatic nitrogens is 2. The summed E-state index contributed by atoms with van der Waals surface area (Å²) in [6.07, 6.45) is 4.64. The van der Waals surface area contributed by atoms with E-state index < -0.39 is 0 Å². The van der Waals surface area contributed by atoms with Gasteiger partial charge in [-0.25, -0.2) is 4.98 Å². The second-order valence-corrected chi connectivity index (χ2v) is 4.54. The third kappa shape index (κ3) is 3.06. The number of aryl methyl sites for hydroxylation is 1. The maximum absolute atomic E-state index is 6.10. The Hall–Kier alpha value is -1.36. The van der Waals surface area contributed by atoms with E-state index in [0.717, 1.165) is 18.7 Å². The molecular weight excluding hydrogens is 216 g/mol. The van der Waals surface area contributed by atoms with Crippen LogP contribution in [-0.4, -0.2) is 29.2 Å². The van der Waals surface area contributed by atoms with Crippen molar-refractivity contribution < 1.29 is 4.74 Å². The average molecular weight is 236 g/mol. The number of hydrogen-bond donors (Lipinski definition) is 2. The number of nitrogens with two attached hydrogens (primary N) is 1. The Morgan fingerprint density at radius 3 is 2.82 bits per heavy atom. The third-order valence-electron chi connectivity index (χ3n) is 3.18. The van der Waals surface area contributed by atoms with Crippen molar-refractivity contribution in [3.8, 4) is 5.88 Å². The van der Waals surface area contributed by atoms with E-state index in [1.54, 1.807) is 7.11 Å². The van der Waals surface area contributed by atoms with Crippen molar-refractivity contribution in [3.05, 3.63) is 11.9 Å². The molecule has 0 spiro atoms. The van der Waals surface area contributed by atoms with E-state index in [9.17, 15) is 0 Å². The lowest BCUT2D eigenvalue weighted by atomic mass is 9.91. The Kier molecular flexibility index (Phi) is 3.78. The smallest absolute Gasteiger partial charge is 0.218 e. The average Bonchev–Trinajstić information content (AvgIpc) is 2.31. The van der Waals surface area contributed by atoms with Crippen LogP contribution in [0.3, 0.4) is 0 Å². The molecule has 1 saturated carbocycles. The lowest BCUT2D eigenvalue weighted by Crippen LogP contribution is -2.42. The molecule has 1 aliphatic rings. The van der Waals surface area contributed by atoms with Crippen molar-refractivity contribution >= 4 is 5.82 Å². The number of hydrogen-bond acceptors (Lipinski definition) is 5. The number of methoxy groups -OCH3 is 1. The molecule has 2 atom stereocenters. The van der Waals surface area contributed by atoms with Crippen molar-refractivity contribution in [3.63, 3.8) is 0 Å². The van der Waals surface area contributed by atoms with Gasteiger partial charge in [0, 0.05) is 18.2 Å². The van der Waals surface area contributed by atoms with Gasteiger partial charge < -0.3 is 15.8 Å². The molecule has 3 N–H and O–H groups in total. The van der Waals surface area contributed by atoms with E-state index in [-0.39, 0.29) is 6.04 Å². The minimum atomic E-state index is 0.213. The molecule has 0 amide bonds. The zero-order valence-corrected chi connectivity index (χ0v) is 10.4. The van der Waals surface area contributed by atoms with Crippen LogP contribution in [0.25, 0.3) is 0 Å². The van der Waals surface area contributed by atoms with Crippen LogP contribution in [0.5, 0.6) is 5.88 Å². The molecule has 1 aromatic heterocycles. The Labute approximate surface area is 102 Å². The number of ether oxygens (including phenoxy) is 1. The fourth-order valence-electron chi connectivity index (χ4n) is 2.25. The van der Waals surface area contributed by atoms with Crippen LogP contribution >= 0.6 is 0 Å². The predicted octanol–water partition coefficient (Wildman–Crippen LogP) is 1.48. The maximum Gasteiger partial charge on any atom is 0.218 e. The number of nitrogens with one attached hydrogen (secondary N) is 1. The molecule has 2 rings (SSSR count). The summed E-state index contributed by atoms with van der Waals surface area (Å²) >= 11 is 0. The lowest BCUT2D eigenvalue weighted by Gasteiger charge is -2.29. The molecule has 1 aromatic rings. The fraction of sp³-hybridized carbons (Fsp3) is 0.667. The van der Waals surface area contributed by atoms with Gasteiger partial charge in [0.25, 0.3) is 0 Å². The molecular formula is C12H20N4O. The first-order chi connectivity index (χ1) is 8.19. The van der Waals surface area contributed by atoms with Crippen molar-refractivity contribution in [2.24, 2.45) is 5.73 Å². The van der Waals surface area contributed by atoms with Crippen molar-refractivity contribution in [1.29, 1.82) is 0 Å². The highest BCUT2D eigenvalue weighted by molar-refractivity contribution is 5.39. The summed E-state index contributed by atoms with van der Waals surface area (Å²) in [4.78, 5) is 8.51. The summed E-state index contributed by atoms with van der Waals surface area (Å²) in [7, 11) is 1.61. The number of nitrogens with zero attached hydrogens (tertiary/aromatic N) is 2. The molecule has 0 radical (unpaired) electrons. The van der Waals surface area contributed by atoms with Gasteiger partial charge in [0.15, 0.2) is 0 Å². The Bertz CT molecular complexity index is 383. The molecule has 94 valence electrons. The van der Waals surface area contributed by atoms with Gasteiger partial charge in [0.1, 0.15) is 11.6 Å². The minimum Gasteiger partial charge on any atom is -0.481 e. The Balaban J connectivity index is 2.09. The van der Waals surface area contributed by atoms with Crippen LogP contribution in [-0.2, 0) is 0 Å². The van der Waals surface area contributed by atoms with E-state index in [1.807, 2.05) is 13.0 Å². The lowest BCUT2D eigenvalue weighted by molar-refractivity contribution is 0.392. The highest BCUT2D eigenvalue weighted by Gasteiger charge is 2.22. The van der Waals surface area contributed by atoms with Crippen LogP contribution in [0.1, 0.15) is 31.5 Å². The summed E-state index contributed by atoms with van der Waals surface area (Å²) in [5, 5.41) is 3.39. The van der Waals surface area contributed by atoms with Gasteiger partial charge >= 0.3 is 0 Å². The summed E-state index contributed by atoms with van der Waals surface area (Å²) in [5.41, 5.74) is 6.10. The van der Waals surface area contributed by atoms with Crippen LogP contribution < -0.4 is 15.8 Å². The second-order valence-electron chi connectivity index (χ2n) is 4.54. The first-order valence-electron chi connectivity index (χ1n) is 6.11. The predicted molar refractivity (Wildman–Crippen MR) is 67.2 cm³/mol. The molecule has 0 aliphatic heterocycles. The topological polar surface area (TPSA) is 73.1 Å². The molecule has 1 aliphatic carbocycles. The van der Waals surface area contributed by atoms with E-state index in [0.29, 0.717) is 17.7 Å². The van der Waals surface area contributed by atoms with Crippen LogP contribution in [0.2, 0.25) is 0 Å². The molecule has 5 heteroatoms. The first-order valence-corrected chi connectivity index (χ1v) is 6.11. The van der Waals surface area contributed by atoms with E-state index in [1.165, 1.54) is 12.8 Å². The fourth-order valence-corrected chi connectivity index (χ4v) is 2.25. The van der Waals surface area contributed by atoms with E-state index >= 15 is 0 Å².